The maximum absolute atomic E-state index is 12.8. The molecule has 1 amide bonds. The number of nitrogens with zero attached hydrogens (tertiary/aromatic N) is 2. The first-order chi connectivity index (χ1) is 14.4. The van der Waals surface area contributed by atoms with E-state index in [-0.39, 0.29) is 35.0 Å². The standard InChI is InChI=1S/C20H24ClN3O5S/c1-28-16-4-2-5-17(14-16)29-13-10-23-20(25)15-7-11-24(12-8-15)30(26,27)18-6-3-9-22-19(18)21/h2-6,9,14-15H,7-8,10-13H2,1H3,(H,23,25). The summed E-state index contributed by atoms with van der Waals surface area (Å²) in [5.74, 6) is 1.03. The fourth-order valence-electron chi connectivity index (χ4n) is 3.24. The van der Waals surface area contributed by atoms with Gasteiger partial charge < -0.3 is 14.8 Å². The van der Waals surface area contributed by atoms with Gasteiger partial charge in [0.25, 0.3) is 0 Å². The number of sulfonamides is 1. The summed E-state index contributed by atoms with van der Waals surface area (Å²) >= 11 is 5.94. The lowest BCUT2D eigenvalue weighted by Crippen LogP contribution is -2.43. The highest BCUT2D eigenvalue weighted by molar-refractivity contribution is 7.89. The first kappa shape index (κ1) is 22.3. The summed E-state index contributed by atoms with van der Waals surface area (Å²) in [6.45, 7) is 1.20. The number of nitrogens with one attached hydrogen (secondary N) is 1. The van der Waals surface area contributed by atoms with E-state index in [4.69, 9.17) is 21.1 Å². The zero-order valence-corrected chi connectivity index (χ0v) is 18.2. The van der Waals surface area contributed by atoms with Gasteiger partial charge in [0, 0.05) is 31.3 Å². The van der Waals surface area contributed by atoms with Crippen LogP contribution in [0.4, 0.5) is 0 Å². The lowest BCUT2D eigenvalue weighted by atomic mass is 9.97. The fourth-order valence-corrected chi connectivity index (χ4v) is 5.14. The van der Waals surface area contributed by atoms with Crippen LogP contribution in [-0.2, 0) is 14.8 Å². The molecule has 1 aliphatic heterocycles. The van der Waals surface area contributed by atoms with Crippen LogP contribution in [0.15, 0.2) is 47.5 Å². The van der Waals surface area contributed by atoms with Crippen molar-refractivity contribution in [3.05, 3.63) is 47.7 Å². The van der Waals surface area contributed by atoms with E-state index in [2.05, 4.69) is 10.3 Å². The summed E-state index contributed by atoms with van der Waals surface area (Å²) in [6.07, 6.45) is 2.33. The number of hydrogen-bond donors (Lipinski definition) is 1. The quantitative estimate of drug-likeness (QED) is 0.486. The number of hydrogen-bond acceptors (Lipinski definition) is 6. The van der Waals surface area contributed by atoms with Gasteiger partial charge in [-0.15, -0.1) is 0 Å². The van der Waals surface area contributed by atoms with E-state index in [0.717, 1.165) is 0 Å². The fraction of sp³-hybridized carbons (Fsp3) is 0.400. The summed E-state index contributed by atoms with van der Waals surface area (Å²) < 4.78 is 37.6. The van der Waals surface area contributed by atoms with E-state index in [1.807, 2.05) is 18.2 Å². The molecule has 162 valence electrons. The largest absolute Gasteiger partial charge is 0.497 e. The van der Waals surface area contributed by atoms with Crippen LogP contribution in [0, 0.1) is 5.92 Å². The predicted octanol–water partition coefficient (Wildman–Crippen LogP) is 2.34. The molecule has 1 aromatic heterocycles. The number of methoxy groups -OCH3 is 1. The molecule has 1 N–H and O–H groups in total. The van der Waals surface area contributed by atoms with Gasteiger partial charge in [0.1, 0.15) is 28.2 Å². The van der Waals surface area contributed by atoms with Gasteiger partial charge in [-0.1, -0.05) is 17.7 Å². The number of pyridine rings is 1. The zero-order valence-electron chi connectivity index (χ0n) is 16.6. The van der Waals surface area contributed by atoms with Crippen LogP contribution in [0.1, 0.15) is 12.8 Å². The molecule has 1 aromatic carbocycles. The third-order valence-electron chi connectivity index (χ3n) is 4.88. The molecular weight excluding hydrogens is 430 g/mol. The number of halogens is 1. The van der Waals surface area contributed by atoms with E-state index in [1.165, 1.54) is 22.6 Å². The van der Waals surface area contributed by atoms with Crippen molar-refractivity contribution >= 4 is 27.5 Å². The lowest BCUT2D eigenvalue weighted by molar-refractivity contribution is -0.126. The number of carbonyl (C=O) groups is 1. The molecule has 0 bridgehead atoms. The first-order valence-electron chi connectivity index (χ1n) is 9.57. The van der Waals surface area contributed by atoms with Crippen LogP contribution >= 0.6 is 11.6 Å². The maximum Gasteiger partial charge on any atom is 0.246 e. The maximum atomic E-state index is 12.8. The van der Waals surface area contributed by atoms with Crippen LogP contribution in [-0.4, -0.2) is 57.0 Å². The Bertz CT molecular complexity index is 978. The molecule has 0 aliphatic carbocycles. The van der Waals surface area contributed by atoms with Crippen LogP contribution in [0.5, 0.6) is 11.5 Å². The van der Waals surface area contributed by atoms with Crippen molar-refractivity contribution in [2.24, 2.45) is 5.92 Å². The van der Waals surface area contributed by atoms with E-state index >= 15 is 0 Å². The first-order valence-corrected chi connectivity index (χ1v) is 11.4. The van der Waals surface area contributed by atoms with Crippen molar-refractivity contribution in [3.8, 4) is 11.5 Å². The number of amides is 1. The summed E-state index contributed by atoms with van der Waals surface area (Å²) in [5.41, 5.74) is 0. The van der Waals surface area contributed by atoms with Crippen molar-refractivity contribution in [2.75, 3.05) is 33.4 Å². The van der Waals surface area contributed by atoms with Crippen molar-refractivity contribution in [1.29, 1.82) is 0 Å². The van der Waals surface area contributed by atoms with Crippen molar-refractivity contribution in [1.82, 2.24) is 14.6 Å². The van der Waals surface area contributed by atoms with Gasteiger partial charge in [-0.3, -0.25) is 4.79 Å². The molecule has 1 aliphatic rings. The Morgan fingerprint density at radius 1 is 1.23 bits per heavy atom. The SMILES string of the molecule is COc1cccc(OCCNC(=O)C2CCN(S(=O)(=O)c3cccnc3Cl)CC2)c1. The molecular formula is C20H24ClN3O5S. The highest BCUT2D eigenvalue weighted by Crippen LogP contribution is 2.27. The van der Waals surface area contributed by atoms with Gasteiger partial charge in [-0.2, -0.15) is 4.31 Å². The molecule has 30 heavy (non-hydrogen) atoms. The second-order valence-electron chi connectivity index (χ2n) is 6.79. The molecule has 3 rings (SSSR count). The average Bonchev–Trinajstić information content (AvgIpc) is 2.77. The Kier molecular flexibility index (Phi) is 7.52. The number of ether oxygens (including phenoxy) is 2. The molecule has 1 saturated heterocycles. The predicted molar refractivity (Wildman–Crippen MR) is 112 cm³/mol. The number of aromatic nitrogens is 1. The minimum absolute atomic E-state index is 0.00994. The van der Waals surface area contributed by atoms with Gasteiger partial charge in [-0.05, 0) is 37.1 Å². The topological polar surface area (TPSA) is 97.8 Å². The van der Waals surface area contributed by atoms with Crippen molar-refractivity contribution in [2.45, 2.75) is 17.7 Å². The molecule has 0 radical (unpaired) electrons. The molecule has 0 unspecified atom stereocenters. The number of benzene rings is 1. The minimum Gasteiger partial charge on any atom is -0.497 e. The Hall–Kier alpha value is -2.36. The molecule has 0 saturated carbocycles. The van der Waals surface area contributed by atoms with Crippen LogP contribution < -0.4 is 14.8 Å². The van der Waals surface area contributed by atoms with Gasteiger partial charge in [0.15, 0.2) is 0 Å². The van der Waals surface area contributed by atoms with Crippen LogP contribution in [0.3, 0.4) is 0 Å². The van der Waals surface area contributed by atoms with Gasteiger partial charge in [-0.25, -0.2) is 13.4 Å². The molecule has 2 aromatic rings. The average molecular weight is 454 g/mol. The Morgan fingerprint density at radius 3 is 2.67 bits per heavy atom. The molecule has 10 heteroatoms. The Morgan fingerprint density at radius 2 is 1.97 bits per heavy atom. The molecule has 1 fully saturated rings. The monoisotopic (exact) mass is 453 g/mol. The number of carbonyl (C=O) groups excluding carboxylic acids is 1. The van der Waals surface area contributed by atoms with E-state index in [9.17, 15) is 13.2 Å². The summed E-state index contributed by atoms with van der Waals surface area (Å²) in [7, 11) is -2.14. The second kappa shape index (κ2) is 10.1. The summed E-state index contributed by atoms with van der Waals surface area (Å²) in [4.78, 5) is 16.2. The van der Waals surface area contributed by atoms with Gasteiger partial charge in [0.05, 0.1) is 13.7 Å². The molecule has 2 heterocycles. The van der Waals surface area contributed by atoms with Gasteiger partial charge in [0.2, 0.25) is 15.9 Å². The highest BCUT2D eigenvalue weighted by atomic mass is 35.5. The molecule has 0 spiro atoms. The highest BCUT2D eigenvalue weighted by Gasteiger charge is 2.33. The third-order valence-corrected chi connectivity index (χ3v) is 7.22. The lowest BCUT2D eigenvalue weighted by Gasteiger charge is -2.30. The van der Waals surface area contributed by atoms with Crippen molar-refractivity contribution in [3.63, 3.8) is 0 Å². The van der Waals surface area contributed by atoms with E-state index in [0.29, 0.717) is 37.5 Å². The second-order valence-corrected chi connectivity index (χ2v) is 9.05. The normalized spacial score (nSPS) is 15.5. The number of rotatable bonds is 8. The Balaban J connectivity index is 1.44. The van der Waals surface area contributed by atoms with E-state index in [1.54, 1.807) is 13.2 Å². The summed E-state index contributed by atoms with van der Waals surface area (Å²) in [6, 6.07) is 10.2. The van der Waals surface area contributed by atoms with Crippen LogP contribution in [0.2, 0.25) is 5.15 Å². The smallest absolute Gasteiger partial charge is 0.246 e. The van der Waals surface area contributed by atoms with Crippen LogP contribution in [0.25, 0.3) is 0 Å². The van der Waals surface area contributed by atoms with E-state index < -0.39 is 10.0 Å². The Labute approximate surface area is 181 Å². The number of piperidine rings is 1. The molecule has 8 nitrogen and oxygen atoms in total. The van der Waals surface area contributed by atoms with Crippen molar-refractivity contribution < 1.29 is 22.7 Å². The third kappa shape index (κ3) is 5.41. The summed E-state index contributed by atoms with van der Waals surface area (Å²) in [5, 5.41) is 2.80. The molecule has 0 atom stereocenters. The van der Waals surface area contributed by atoms with Gasteiger partial charge >= 0.3 is 0 Å². The zero-order chi connectivity index (χ0) is 21.6. The minimum atomic E-state index is -3.72.